The molecule has 0 spiro atoms. The molecular formula is C32H55N2O+. The van der Waals surface area contributed by atoms with Gasteiger partial charge in [0.15, 0.2) is 0 Å². The normalized spacial score (nSPS) is 50.1. The lowest BCUT2D eigenvalue weighted by Crippen LogP contribution is -2.60. The van der Waals surface area contributed by atoms with Gasteiger partial charge in [-0.15, -0.1) is 0 Å². The zero-order valence-electron chi connectivity index (χ0n) is 23.1. The van der Waals surface area contributed by atoms with Crippen LogP contribution >= 0.6 is 0 Å². The monoisotopic (exact) mass is 483 g/mol. The van der Waals surface area contributed by atoms with E-state index in [0.717, 1.165) is 36.1 Å². The number of rotatable bonds is 4. The van der Waals surface area contributed by atoms with E-state index in [9.17, 15) is 5.11 Å². The summed E-state index contributed by atoms with van der Waals surface area (Å²) in [5.41, 5.74) is 1.02. The van der Waals surface area contributed by atoms with Crippen LogP contribution in [0, 0.1) is 34.5 Å². The Balaban J connectivity index is 1.24. The van der Waals surface area contributed by atoms with Crippen molar-refractivity contribution < 1.29 is 9.59 Å². The lowest BCUT2D eigenvalue weighted by Gasteiger charge is -2.62. The molecule has 0 radical (unpaired) electrons. The third-order valence-electron chi connectivity index (χ3n) is 13.3. The van der Waals surface area contributed by atoms with E-state index >= 15 is 0 Å². The Bertz CT molecular complexity index is 770. The van der Waals surface area contributed by atoms with Crippen molar-refractivity contribution in [2.75, 3.05) is 32.7 Å². The Labute approximate surface area is 216 Å². The minimum absolute atomic E-state index is 0.0881. The van der Waals surface area contributed by atoms with Gasteiger partial charge in [0, 0.05) is 18.9 Å². The molecule has 2 aliphatic heterocycles. The van der Waals surface area contributed by atoms with Gasteiger partial charge in [0.25, 0.3) is 0 Å². The Hall–Kier alpha value is -0.380. The van der Waals surface area contributed by atoms with Crippen LogP contribution in [0.3, 0.4) is 0 Å². The van der Waals surface area contributed by atoms with Crippen LogP contribution in [0.2, 0.25) is 0 Å². The van der Waals surface area contributed by atoms with E-state index in [2.05, 4.69) is 31.4 Å². The molecule has 0 aromatic carbocycles. The summed E-state index contributed by atoms with van der Waals surface area (Å²) in [6.45, 7) is 16.1. The van der Waals surface area contributed by atoms with Gasteiger partial charge in [0.2, 0.25) is 0 Å². The zero-order chi connectivity index (χ0) is 24.3. The fourth-order valence-corrected chi connectivity index (χ4v) is 11.4. The molecule has 4 saturated carbocycles. The standard InChI is InChI=1S/C32H55N2O/c1-4-17-34(18-9-6-10-19-34)25-21-28-26-12-11-24-20-30(35)29(33-15-7-5-8-16-33)23-32(24,3)27(26)13-14-31(28,2)22-25/h4,24-30,35H,1,5-23H2,2-3H3/q+1/t24-,25-,26+,27-,28-,29-,30-,31+,32-/m0/s1. The number of hydrogen-bond acceptors (Lipinski definition) is 2. The number of aliphatic hydroxyl groups is 1. The molecule has 6 fully saturated rings. The predicted molar refractivity (Wildman–Crippen MR) is 145 cm³/mol. The Kier molecular flexibility index (Phi) is 6.71. The van der Waals surface area contributed by atoms with E-state index in [1.54, 1.807) is 0 Å². The van der Waals surface area contributed by atoms with Gasteiger partial charge in [-0.2, -0.15) is 0 Å². The third-order valence-corrected chi connectivity index (χ3v) is 13.3. The second-order valence-electron chi connectivity index (χ2n) is 14.8. The largest absolute Gasteiger partial charge is 0.391 e. The number of aliphatic hydroxyl groups excluding tert-OH is 1. The van der Waals surface area contributed by atoms with Gasteiger partial charge in [0.1, 0.15) is 0 Å². The van der Waals surface area contributed by atoms with Crippen LogP contribution in [0.4, 0.5) is 0 Å². The molecule has 6 aliphatic rings. The predicted octanol–water partition coefficient (Wildman–Crippen LogP) is 6.41. The first-order chi connectivity index (χ1) is 16.9. The van der Waals surface area contributed by atoms with Crippen molar-refractivity contribution in [1.82, 2.24) is 4.90 Å². The third kappa shape index (κ3) is 4.09. The highest BCUT2D eigenvalue weighted by Gasteiger charge is 2.62. The van der Waals surface area contributed by atoms with E-state index in [-0.39, 0.29) is 6.10 Å². The van der Waals surface area contributed by atoms with Gasteiger partial charge in [-0.05, 0) is 124 Å². The summed E-state index contributed by atoms with van der Waals surface area (Å²) < 4.78 is 1.37. The Morgan fingerprint density at radius 1 is 0.914 bits per heavy atom. The summed E-state index contributed by atoms with van der Waals surface area (Å²) in [6, 6.07) is 1.30. The molecule has 35 heavy (non-hydrogen) atoms. The van der Waals surface area contributed by atoms with E-state index in [1.807, 2.05) is 0 Å². The van der Waals surface area contributed by atoms with Gasteiger partial charge in [-0.1, -0.05) is 26.8 Å². The molecule has 0 aromatic heterocycles. The highest BCUT2D eigenvalue weighted by molar-refractivity contribution is 5.11. The highest BCUT2D eigenvalue weighted by atomic mass is 16.3. The zero-order valence-corrected chi connectivity index (χ0v) is 23.1. The molecule has 198 valence electrons. The van der Waals surface area contributed by atoms with E-state index in [0.29, 0.717) is 16.9 Å². The van der Waals surface area contributed by atoms with Crippen molar-refractivity contribution in [3.8, 4) is 0 Å². The van der Waals surface area contributed by atoms with Crippen molar-refractivity contribution in [1.29, 1.82) is 0 Å². The number of fused-ring (bicyclic) bond motifs is 5. The van der Waals surface area contributed by atoms with Crippen LogP contribution in [0.1, 0.15) is 104 Å². The first-order valence-corrected chi connectivity index (χ1v) is 15.8. The number of piperidine rings is 2. The quantitative estimate of drug-likeness (QED) is 0.369. The Morgan fingerprint density at radius 2 is 1.66 bits per heavy atom. The maximum atomic E-state index is 11.3. The van der Waals surface area contributed by atoms with Crippen LogP contribution in [0.15, 0.2) is 12.7 Å². The second kappa shape index (κ2) is 9.42. The molecule has 3 heteroatoms. The molecule has 0 unspecified atom stereocenters. The first-order valence-electron chi connectivity index (χ1n) is 15.8. The average molecular weight is 484 g/mol. The summed E-state index contributed by atoms with van der Waals surface area (Å²) in [7, 11) is 0. The lowest BCUT2D eigenvalue weighted by molar-refractivity contribution is -0.950. The fraction of sp³-hybridized carbons (Fsp3) is 0.938. The smallest absolute Gasteiger partial charge is 0.0973 e. The van der Waals surface area contributed by atoms with Crippen molar-refractivity contribution in [3.63, 3.8) is 0 Å². The van der Waals surface area contributed by atoms with Crippen molar-refractivity contribution >= 4 is 0 Å². The number of quaternary nitrogens is 1. The Morgan fingerprint density at radius 3 is 2.40 bits per heavy atom. The molecule has 0 amide bonds. The SMILES string of the molecule is C=CC[N+]1([C@H]2C[C@H]3[C@@H]4CC[C@H]5C[C@H](O)[C@@H](N6CCCCC6)C[C@]5(C)[C@H]4CC[C@]3(C)C2)CCCCC1. The topological polar surface area (TPSA) is 23.5 Å². The maximum absolute atomic E-state index is 11.3. The number of hydrogen-bond donors (Lipinski definition) is 1. The van der Waals surface area contributed by atoms with Gasteiger partial charge in [-0.25, -0.2) is 0 Å². The van der Waals surface area contributed by atoms with Gasteiger partial charge in [0.05, 0.1) is 31.8 Å². The fourth-order valence-electron chi connectivity index (χ4n) is 11.4. The molecule has 2 heterocycles. The first kappa shape index (κ1) is 24.9. The van der Waals surface area contributed by atoms with E-state index < -0.39 is 0 Å². The molecule has 4 aliphatic carbocycles. The van der Waals surface area contributed by atoms with Gasteiger partial charge in [-0.3, -0.25) is 4.90 Å². The molecule has 0 bridgehead atoms. The number of nitrogens with zero attached hydrogens (tertiary/aromatic N) is 2. The van der Waals surface area contributed by atoms with Gasteiger partial charge < -0.3 is 9.59 Å². The van der Waals surface area contributed by atoms with Crippen molar-refractivity contribution in [2.45, 2.75) is 122 Å². The van der Waals surface area contributed by atoms with Crippen molar-refractivity contribution in [2.24, 2.45) is 34.5 Å². The maximum Gasteiger partial charge on any atom is 0.0973 e. The molecule has 6 rings (SSSR count). The van der Waals surface area contributed by atoms with Crippen molar-refractivity contribution in [3.05, 3.63) is 12.7 Å². The summed E-state index contributed by atoms with van der Waals surface area (Å²) in [5, 5.41) is 11.3. The van der Waals surface area contributed by atoms with Crippen LogP contribution in [0.25, 0.3) is 0 Å². The molecule has 9 atom stereocenters. The minimum Gasteiger partial charge on any atom is -0.391 e. The lowest BCUT2D eigenvalue weighted by atomic mass is 9.44. The molecule has 2 saturated heterocycles. The van der Waals surface area contributed by atoms with Crippen LogP contribution < -0.4 is 0 Å². The summed E-state index contributed by atoms with van der Waals surface area (Å²) in [6.07, 6.45) is 21.6. The van der Waals surface area contributed by atoms with Crippen LogP contribution in [0.5, 0.6) is 0 Å². The number of likely N-dealkylation sites (tertiary alicyclic amines) is 2. The van der Waals surface area contributed by atoms with E-state index in [1.165, 1.54) is 121 Å². The summed E-state index contributed by atoms with van der Waals surface area (Å²) >= 11 is 0. The van der Waals surface area contributed by atoms with Crippen LogP contribution in [-0.4, -0.2) is 65.4 Å². The minimum atomic E-state index is -0.0881. The second-order valence-corrected chi connectivity index (χ2v) is 14.8. The van der Waals surface area contributed by atoms with E-state index in [4.69, 9.17) is 0 Å². The van der Waals surface area contributed by atoms with Gasteiger partial charge >= 0.3 is 0 Å². The van der Waals surface area contributed by atoms with Crippen LogP contribution in [-0.2, 0) is 0 Å². The molecule has 3 nitrogen and oxygen atoms in total. The molecule has 1 N–H and O–H groups in total. The molecular weight excluding hydrogens is 428 g/mol. The summed E-state index contributed by atoms with van der Waals surface area (Å²) in [4.78, 5) is 2.71. The highest BCUT2D eigenvalue weighted by Crippen LogP contribution is 2.67. The average Bonchev–Trinajstić information content (AvgIpc) is 3.24. The summed E-state index contributed by atoms with van der Waals surface area (Å²) in [5.74, 6) is 3.52. The molecule has 0 aromatic rings.